The molecule has 90 valence electrons. The number of anilines is 1. The van der Waals surface area contributed by atoms with Crippen molar-refractivity contribution >= 4 is 5.69 Å². The van der Waals surface area contributed by atoms with Crippen LogP contribution in [0.2, 0.25) is 0 Å². The van der Waals surface area contributed by atoms with Crippen LogP contribution in [0.3, 0.4) is 0 Å². The fourth-order valence-electron chi connectivity index (χ4n) is 1.58. The molecular formula is C15H20N2. The van der Waals surface area contributed by atoms with Crippen LogP contribution in [0.4, 0.5) is 5.69 Å². The van der Waals surface area contributed by atoms with Crippen molar-refractivity contribution in [3.63, 3.8) is 0 Å². The van der Waals surface area contributed by atoms with E-state index in [1.807, 2.05) is 18.3 Å². The summed E-state index contributed by atoms with van der Waals surface area (Å²) in [5, 5.41) is 3.08. The van der Waals surface area contributed by atoms with E-state index < -0.39 is 0 Å². The molecule has 1 rings (SSSR count). The van der Waals surface area contributed by atoms with Crippen LogP contribution < -0.4 is 5.32 Å². The zero-order valence-electron chi connectivity index (χ0n) is 10.6. The van der Waals surface area contributed by atoms with Crippen molar-refractivity contribution in [2.75, 3.05) is 5.32 Å². The van der Waals surface area contributed by atoms with Gasteiger partial charge in [-0.25, -0.2) is 0 Å². The minimum Gasteiger partial charge on any atom is -0.362 e. The van der Waals surface area contributed by atoms with Gasteiger partial charge in [0.05, 0.1) is 0 Å². The maximum absolute atomic E-state index is 3.82. The first-order valence-electron chi connectivity index (χ1n) is 5.65. The molecule has 0 bridgehead atoms. The Kier molecular flexibility index (Phi) is 5.08. The molecule has 2 heteroatoms. The van der Waals surface area contributed by atoms with Gasteiger partial charge in [-0.1, -0.05) is 30.9 Å². The molecule has 0 aliphatic rings. The molecule has 0 unspecified atom stereocenters. The number of allylic oxidation sites excluding steroid dienone is 1. The van der Waals surface area contributed by atoms with Crippen LogP contribution in [-0.4, -0.2) is 4.90 Å². The standard InChI is InChI=1S/C15H20N2/c1-5-16-15-9-7-8-14(10-15)12-17(6-2)11-13(3)4/h5-11,16H,1-2,12H2,3-4H3. The molecule has 1 aromatic carbocycles. The molecule has 17 heavy (non-hydrogen) atoms. The van der Waals surface area contributed by atoms with Crippen LogP contribution in [0, 0.1) is 0 Å². The molecule has 1 N–H and O–H groups in total. The van der Waals surface area contributed by atoms with E-state index in [2.05, 4.69) is 55.6 Å². The molecule has 2 nitrogen and oxygen atoms in total. The number of hydrogen-bond acceptors (Lipinski definition) is 2. The molecule has 0 saturated heterocycles. The van der Waals surface area contributed by atoms with E-state index in [4.69, 9.17) is 0 Å². The second-order valence-electron chi connectivity index (χ2n) is 4.11. The molecule has 1 aromatic rings. The van der Waals surface area contributed by atoms with E-state index in [1.165, 1.54) is 11.1 Å². The number of nitrogens with one attached hydrogen (secondary N) is 1. The lowest BCUT2D eigenvalue weighted by atomic mass is 10.2. The van der Waals surface area contributed by atoms with Crippen molar-refractivity contribution < 1.29 is 0 Å². The number of rotatable bonds is 6. The van der Waals surface area contributed by atoms with Crippen molar-refractivity contribution in [2.24, 2.45) is 0 Å². The Morgan fingerprint density at radius 1 is 1.35 bits per heavy atom. The van der Waals surface area contributed by atoms with Crippen molar-refractivity contribution in [1.82, 2.24) is 4.90 Å². The number of hydrogen-bond donors (Lipinski definition) is 1. The first-order chi connectivity index (χ1) is 8.15. The van der Waals surface area contributed by atoms with E-state index in [0.717, 1.165) is 12.2 Å². The van der Waals surface area contributed by atoms with Crippen LogP contribution in [0.5, 0.6) is 0 Å². The lowest BCUT2D eigenvalue weighted by Gasteiger charge is -2.16. The van der Waals surface area contributed by atoms with E-state index in [-0.39, 0.29) is 0 Å². The third kappa shape index (κ3) is 4.60. The minimum absolute atomic E-state index is 0.821. The lowest BCUT2D eigenvalue weighted by molar-refractivity contribution is 0.499. The summed E-state index contributed by atoms with van der Waals surface area (Å²) in [6, 6.07) is 8.26. The van der Waals surface area contributed by atoms with Crippen LogP contribution in [0.1, 0.15) is 19.4 Å². The van der Waals surface area contributed by atoms with Gasteiger partial charge in [0.1, 0.15) is 0 Å². The summed E-state index contributed by atoms with van der Waals surface area (Å²) < 4.78 is 0. The van der Waals surface area contributed by atoms with Crippen molar-refractivity contribution in [2.45, 2.75) is 20.4 Å². The van der Waals surface area contributed by atoms with Crippen molar-refractivity contribution in [3.8, 4) is 0 Å². The topological polar surface area (TPSA) is 15.3 Å². The Morgan fingerprint density at radius 3 is 2.71 bits per heavy atom. The van der Waals surface area contributed by atoms with Crippen LogP contribution >= 0.6 is 0 Å². The van der Waals surface area contributed by atoms with E-state index in [9.17, 15) is 0 Å². The second-order valence-corrected chi connectivity index (χ2v) is 4.11. The van der Waals surface area contributed by atoms with Crippen LogP contribution in [-0.2, 0) is 6.54 Å². The highest BCUT2D eigenvalue weighted by atomic mass is 15.1. The molecule has 0 spiro atoms. The highest BCUT2D eigenvalue weighted by molar-refractivity contribution is 5.47. The third-order valence-corrected chi connectivity index (χ3v) is 2.22. The monoisotopic (exact) mass is 228 g/mol. The quantitative estimate of drug-likeness (QED) is 0.788. The van der Waals surface area contributed by atoms with Gasteiger partial charge in [0.15, 0.2) is 0 Å². The molecule has 0 radical (unpaired) electrons. The van der Waals surface area contributed by atoms with Gasteiger partial charge in [-0.2, -0.15) is 0 Å². The van der Waals surface area contributed by atoms with Gasteiger partial charge in [0, 0.05) is 18.4 Å². The largest absolute Gasteiger partial charge is 0.362 e. The summed E-state index contributed by atoms with van der Waals surface area (Å²) in [5.41, 5.74) is 3.54. The summed E-state index contributed by atoms with van der Waals surface area (Å²) in [6.45, 7) is 12.4. The molecule has 0 aromatic heterocycles. The van der Waals surface area contributed by atoms with Gasteiger partial charge in [-0.15, -0.1) is 0 Å². The summed E-state index contributed by atoms with van der Waals surface area (Å²) >= 11 is 0. The zero-order valence-corrected chi connectivity index (χ0v) is 10.6. The van der Waals surface area contributed by atoms with Crippen molar-refractivity contribution in [3.05, 3.63) is 67.2 Å². The van der Waals surface area contributed by atoms with Gasteiger partial charge < -0.3 is 10.2 Å². The Bertz CT molecular complexity index is 415. The SMILES string of the molecule is C=CNc1cccc(CN(C=C)C=C(C)C)c1. The summed E-state index contributed by atoms with van der Waals surface area (Å²) in [4.78, 5) is 2.07. The fraction of sp³-hybridized carbons (Fsp3) is 0.200. The van der Waals surface area contributed by atoms with Gasteiger partial charge in [-0.05, 0) is 43.9 Å². The predicted molar refractivity (Wildman–Crippen MR) is 75.4 cm³/mol. The molecule has 0 atom stereocenters. The Balaban J connectivity index is 2.79. The molecule has 0 aliphatic carbocycles. The maximum Gasteiger partial charge on any atom is 0.0470 e. The van der Waals surface area contributed by atoms with Gasteiger partial charge >= 0.3 is 0 Å². The third-order valence-electron chi connectivity index (χ3n) is 2.22. The van der Waals surface area contributed by atoms with E-state index in [1.54, 1.807) is 6.20 Å². The molecule has 0 amide bonds. The molecule has 0 saturated carbocycles. The Hall–Kier alpha value is -1.96. The molecule has 0 heterocycles. The van der Waals surface area contributed by atoms with E-state index >= 15 is 0 Å². The molecule has 0 fully saturated rings. The summed E-state index contributed by atoms with van der Waals surface area (Å²) in [7, 11) is 0. The normalized spacial score (nSPS) is 9.29. The van der Waals surface area contributed by atoms with E-state index in [0.29, 0.717) is 0 Å². The average molecular weight is 228 g/mol. The second kappa shape index (κ2) is 6.59. The Morgan fingerprint density at radius 2 is 2.12 bits per heavy atom. The van der Waals surface area contributed by atoms with Crippen LogP contribution in [0.15, 0.2) is 61.6 Å². The smallest absolute Gasteiger partial charge is 0.0470 e. The molecular weight excluding hydrogens is 208 g/mol. The first kappa shape index (κ1) is 13.1. The highest BCUT2D eigenvalue weighted by Gasteiger charge is 1.99. The first-order valence-corrected chi connectivity index (χ1v) is 5.65. The lowest BCUT2D eigenvalue weighted by Crippen LogP contribution is -2.09. The summed E-state index contributed by atoms with van der Waals surface area (Å²) in [5.74, 6) is 0. The minimum atomic E-state index is 0.821. The molecule has 0 aliphatic heterocycles. The fourth-order valence-corrected chi connectivity index (χ4v) is 1.58. The number of nitrogens with zero attached hydrogens (tertiary/aromatic N) is 1. The maximum atomic E-state index is 3.82. The van der Waals surface area contributed by atoms with Gasteiger partial charge in [-0.3, -0.25) is 0 Å². The predicted octanol–water partition coefficient (Wildman–Crippen LogP) is 4.11. The number of benzene rings is 1. The van der Waals surface area contributed by atoms with Crippen molar-refractivity contribution in [1.29, 1.82) is 0 Å². The average Bonchev–Trinajstić information content (AvgIpc) is 2.28. The van der Waals surface area contributed by atoms with Gasteiger partial charge in [0.2, 0.25) is 0 Å². The highest BCUT2D eigenvalue weighted by Crippen LogP contribution is 2.13. The van der Waals surface area contributed by atoms with Crippen LogP contribution in [0.25, 0.3) is 0 Å². The van der Waals surface area contributed by atoms with Gasteiger partial charge in [0.25, 0.3) is 0 Å². The zero-order chi connectivity index (χ0) is 12.7. The Labute approximate surface area is 104 Å². The summed E-state index contributed by atoms with van der Waals surface area (Å²) in [6.07, 6.45) is 5.60.